The maximum Gasteiger partial charge on any atom is 0.326 e. The fraction of sp³-hybridized carbons (Fsp3) is 0.857. The van der Waals surface area contributed by atoms with Gasteiger partial charge in [-0.15, -0.1) is 0 Å². The molecule has 0 fully saturated rings. The van der Waals surface area contributed by atoms with Crippen molar-refractivity contribution in [1.82, 2.24) is 5.32 Å². The number of amides is 1. The highest BCUT2D eigenvalue weighted by Crippen LogP contribution is 2.14. The Balaban J connectivity index is 4.39. The van der Waals surface area contributed by atoms with Crippen molar-refractivity contribution < 1.29 is 14.7 Å². The van der Waals surface area contributed by atoms with Crippen molar-refractivity contribution in [2.75, 3.05) is 0 Å². The van der Waals surface area contributed by atoms with Gasteiger partial charge in [0.15, 0.2) is 0 Å². The zero-order valence-electron chi connectivity index (χ0n) is 11.9. The first kappa shape index (κ1) is 16.9. The highest BCUT2D eigenvalue weighted by molar-refractivity contribution is 5.84. The first-order chi connectivity index (χ1) is 8.56. The average Bonchev–Trinajstić information content (AvgIpc) is 2.33. The summed E-state index contributed by atoms with van der Waals surface area (Å²) >= 11 is 0. The molecular weight excluding hydrogens is 230 g/mol. The van der Waals surface area contributed by atoms with Gasteiger partial charge in [-0.3, -0.25) is 4.79 Å². The highest BCUT2D eigenvalue weighted by atomic mass is 16.4. The van der Waals surface area contributed by atoms with E-state index in [9.17, 15) is 9.59 Å². The van der Waals surface area contributed by atoms with Crippen LogP contribution in [-0.2, 0) is 9.59 Å². The van der Waals surface area contributed by atoms with Crippen molar-refractivity contribution in [3.8, 4) is 0 Å². The monoisotopic (exact) mass is 257 g/mol. The van der Waals surface area contributed by atoms with E-state index in [1.54, 1.807) is 0 Å². The molecule has 0 saturated heterocycles. The minimum Gasteiger partial charge on any atom is -0.480 e. The molecule has 0 spiro atoms. The lowest BCUT2D eigenvalue weighted by Crippen LogP contribution is -2.43. The molecule has 2 N–H and O–H groups in total. The van der Waals surface area contributed by atoms with E-state index < -0.39 is 12.0 Å². The van der Waals surface area contributed by atoms with Gasteiger partial charge in [0.05, 0.1) is 0 Å². The van der Waals surface area contributed by atoms with E-state index in [0.717, 1.165) is 38.5 Å². The molecule has 0 aliphatic carbocycles. The van der Waals surface area contributed by atoms with Crippen LogP contribution in [0.2, 0.25) is 0 Å². The number of carbonyl (C=O) groups excluding carboxylic acids is 1. The molecular formula is C14H27NO3. The minimum absolute atomic E-state index is 0.0384. The Bertz CT molecular complexity index is 247. The van der Waals surface area contributed by atoms with Gasteiger partial charge in [-0.1, -0.05) is 46.5 Å². The third-order valence-electron chi connectivity index (χ3n) is 3.11. The van der Waals surface area contributed by atoms with Crippen molar-refractivity contribution in [1.29, 1.82) is 0 Å². The van der Waals surface area contributed by atoms with Crippen LogP contribution < -0.4 is 5.32 Å². The molecule has 4 nitrogen and oxygen atoms in total. The summed E-state index contributed by atoms with van der Waals surface area (Å²) in [6.07, 6.45) is 5.84. The summed E-state index contributed by atoms with van der Waals surface area (Å²) in [5.41, 5.74) is 0. The predicted octanol–water partition coefficient (Wildman–Crippen LogP) is 2.96. The van der Waals surface area contributed by atoms with Crippen LogP contribution >= 0.6 is 0 Å². The molecule has 0 radical (unpaired) electrons. The molecule has 0 aromatic rings. The summed E-state index contributed by atoms with van der Waals surface area (Å²) in [6, 6.07) is -0.728. The number of carboxylic acids is 1. The standard InChI is InChI=1S/C14H27NO3/c1-4-7-10-12(14(17)18)15-13(16)11(8-5-2)9-6-3/h11-12H,4-10H2,1-3H3,(H,15,16)(H,17,18). The van der Waals surface area contributed by atoms with E-state index in [2.05, 4.69) is 5.32 Å². The van der Waals surface area contributed by atoms with Gasteiger partial charge in [-0.2, -0.15) is 0 Å². The van der Waals surface area contributed by atoms with Gasteiger partial charge in [0.1, 0.15) is 6.04 Å². The van der Waals surface area contributed by atoms with Gasteiger partial charge in [-0.05, 0) is 19.3 Å². The van der Waals surface area contributed by atoms with Crippen molar-refractivity contribution in [2.45, 2.75) is 71.8 Å². The second-order valence-electron chi connectivity index (χ2n) is 4.82. The summed E-state index contributed by atoms with van der Waals surface area (Å²) < 4.78 is 0. The average molecular weight is 257 g/mol. The quantitative estimate of drug-likeness (QED) is 0.632. The largest absolute Gasteiger partial charge is 0.480 e. The molecule has 0 aromatic carbocycles. The molecule has 0 bridgehead atoms. The number of aliphatic carboxylic acids is 1. The van der Waals surface area contributed by atoms with E-state index >= 15 is 0 Å². The molecule has 1 amide bonds. The second kappa shape index (κ2) is 9.92. The molecule has 0 aliphatic rings. The lowest BCUT2D eigenvalue weighted by Gasteiger charge is -2.19. The first-order valence-corrected chi connectivity index (χ1v) is 7.09. The highest BCUT2D eigenvalue weighted by Gasteiger charge is 2.23. The molecule has 0 aliphatic heterocycles. The van der Waals surface area contributed by atoms with Gasteiger partial charge < -0.3 is 10.4 Å². The Morgan fingerprint density at radius 1 is 1.00 bits per heavy atom. The minimum atomic E-state index is -0.927. The first-order valence-electron chi connectivity index (χ1n) is 7.09. The Kier molecular flexibility index (Phi) is 9.33. The zero-order chi connectivity index (χ0) is 14.0. The van der Waals surface area contributed by atoms with Gasteiger partial charge >= 0.3 is 5.97 Å². The van der Waals surface area contributed by atoms with E-state index in [4.69, 9.17) is 5.11 Å². The van der Waals surface area contributed by atoms with E-state index in [-0.39, 0.29) is 11.8 Å². The van der Waals surface area contributed by atoms with Gasteiger partial charge in [0, 0.05) is 5.92 Å². The Hall–Kier alpha value is -1.06. The molecule has 0 saturated carbocycles. The van der Waals surface area contributed by atoms with E-state index in [1.807, 2.05) is 20.8 Å². The van der Waals surface area contributed by atoms with Crippen molar-refractivity contribution in [2.24, 2.45) is 5.92 Å². The van der Waals surface area contributed by atoms with Crippen LogP contribution in [0.5, 0.6) is 0 Å². The second-order valence-corrected chi connectivity index (χ2v) is 4.82. The lowest BCUT2D eigenvalue weighted by molar-refractivity contribution is -0.142. The van der Waals surface area contributed by atoms with Gasteiger partial charge in [0.2, 0.25) is 5.91 Å². The van der Waals surface area contributed by atoms with E-state index in [0.29, 0.717) is 6.42 Å². The number of hydrogen-bond donors (Lipinski definition) is 2. The summed E-state index contributed by atoms with van der Waals surface area (Å²) in [5, 5.41) is 11.8. The summed E-state index contributed by atoms with van der Waals surface area (Å²) in [4.78, 5) is 23.1. The van der Waals surface area contributed by atoms with Crippen LogP contribution in [0.1, 0.15) is 65.7 Å². The Morgan fingerprint density at radius 3 is 1.94 bits per heavy atom. The number of unbranched alkanes of at least 4 members (excludes halogenated alkanes) is 1. The molecule has 0 rings (SSSR count). The smallest absolute Gasteiger partial charge is 0.326 e. The Labute approximate surface area is 110 Å². The Morgan fingerprint density at radius 2 is 1.56 bits per heavy atom. The van der Waals surface area contributed by atoms with Crippen LogP contribution in [0.4, 0.5) is 0 Å². The summed E-state index contributed by atoms with van der Waals surface area (Å²) in [6.45, 7) is 6.10. The SMILES string of the molecule is CCCCC(NC(=O)C(CCC)CCC)C(=O)O. The van der Waals surface area contributed by atoms with Gasteiger partial charge in [0.25, 0.3) is 0 Å². The van der Waals surface area contributed by atoms with Gasteiger partial charge in [-0.25, -0.2) is 4.79 Å². The van der Waals surface area contributed by atoms with Crippen LogP contribution in [0.25, 0.3) is 0 Å². The fourth-order valence-corrected chi connectivity index (χ4v) is 2.06. The maximum atomic E-state index is 12.0. The maximum absolute atomic E-state index is 12.0. The number of nitrogens with one attached hydrogen (secondary N) is 1. The lowest BCUT2D eigenvalue weighted by atomic mass is 9.96. The molecule has 1 unspecified atom stereocenters. The summed E-state index contributed by atoms with van der Waals surface area (Å²) in [7, 11) is 0. The number of carbonyl (C=O) groups is 2. The van der Waals surface area contributed by atoms with Crippen LogP contribution in [0.15, 0.2) is 0 Å². The zero-order valence-corrected chi connectivity index (χ0v) is 11.9. The van der Waals surface area contributed by atoms with Crippen molar-refractivity contribution in [3.05, 3.63) is 0 Å². The summed E-state index contributed by atoms with van der Waals surface area (Å²) in [5.74, 6) is -1.06. The molecule has 18 heavy (non-hydrogen) atoms. The number of hydrogen-bond acceptors (Lipinski definition) is 2. The van der Waals surface area contributed by atoms with Crippen LogP contribution in [0, 0.1) is 5.92 Å². The number of rotatable bonds is 10. The third kappa shape index (κ3) is 6.62. The normalized spacial score (nSPS) is 12.4. The molecule has 0 aromatic heterocycles. The molecule has 0 heterocycles. The van der Waals surface area contributed by atoms with E-state index in [1.165, 1.54) is 0 Å². The van der Waals surface area contributed by atoms with Crippen molar-refractivity contribution >= 4 is 11.9 Å². The number of carboxylic acid groups (broad SMARTS) is 1. The van der Waals surface area contributed by atoms with Crippen LogP contribution in [0.3, 0.4) is 0 Å². The third-order valence-corrected chi connectivity index (χ3v) is 3.11. The molecule has 106 valence electrons. The predicted molar refractivity (Wildman–Crippen MR) is 72.4 cm³/mol. The molecule has 1 atom stereocenters. The van der Waals surface area contributed by atoms with Crippen LogP contribution in [-0.4, -0.2) is 23.0 Å². The topological polar surface area (TPSA) is 66.4 Å². The van der Waals surface area contributed by atoms with Crippen molar-refractivity contribution in [3.63, 3.8) is 0 Å². The molecule has 4 heteroatoms. The fourth-order valence-electron chi connectivity index (χ4n) is 2.06.